The predicted octanol–water partition coefficient (Wildman–Crippen LogP) is 7.43. The van der Waals surface area contributed by atoms with E-state index >= 15 is 0 Å². The first-order valence-electron chi connectivity index (χ1n) is 20.9. The molecule has 0 radical (unpaired) electrons. The van der Waals surface area contributed by atoms with Gasteiger partial charge < -0.3 is 23.8 Å². The molecule has 2 aromatic heterocycles. The number of hydrogen-bond acceptors (Lipinski definition) is 12. The molecule has 58 heavy (non-hydrogen) atoms. The van der Waals surface area contributed by atoms with Gasteiger partial charge in [-0.05, 0) is 66.9 Å². The molecule has 12 nitrogen and oxygen atoms in total. The largest absolute Gasteiger partial charge is 0.488 e. The minimum absolute atomic E-state index is 0.0222. The number of pyridine rings is 1. The van der Waals surface area contributed by atoms with E-state index in [-0.39, 0.29) is 56.1 Å². The van der Waals surface area contributed by atoms with Gasteiger partial charge in [-0.15, -0.1) is 11.3 Å². The topological polar surface area (TPSA) is 151 Å². The summed E-state index contributed by atoms with van der Waals surface area (Å²) in [5.74, 6) is 0.627. The van der Waals surface area contributed by atoms with Crippen LogP contribution in [0.25, 0.3) is 22.3 Å². The second-order valence-corrected chi connectivity index (χ2v) is 19.4. The van der Waals surface area contributed by atoms with Crippen LogP contribution in [0.1, 0.15) is 97.9 Å². The maximum atomic E-state index is 14.8. The van der Waals surface area contributed by atoms with Crippen LogP contribution in [-0.2, 0) is 39.9 Å². The monoisotopic (exact) mass is 815 g/mol. The number of ether oxygens (including phenoxy) is 4. The zero-order valence-electron chi connectivity index (χ0n) is 34.8. The highest BCUT2D eigenvalue weighted by Crippen LogP contribution is 2.58. The summed E-state index contributed by atoms with van der Waals surface area (Å²) >= 11 is 1.57. The van der Waals surface area contributed by atoms with Crippen molar-refractivity contribution in [2.75, 3.05) is 20.3 Å². The van der Waals surface area contributed by atoms with Crippen LogP contribution < -0.4 is 9.47 Å². The third-order valence-corrected chi connectivity index (χ3v) is 13.6. The number of thiazole rings is 1. The van der Waals surface area contributed by atoms with Crippen molar-refractivity contribution in [2.24, 2.45) is 40.4 Å². The van der Waals surface area contributed by atoms with Gasteiger partial charge in [0.05, 0.1) is 59.4 Å². The highest BCUT2D eigenvalue weighted by atomic mass is 32.1. The van der Waals surface area contributed by atoms with Gasteiger partial charge in [0.1, 0.15) is 30.3 Å². The number of benzene rings is 1. The number of carbonyl (C=O) groups is 5. The average Bonchev–Trinajstić information content (AvgIpc) is 3.84. The second-order valence-electron chi connectivity index (χ2n) is 18.4. The molecule has 0 N–H and O–H groups in total. The van der Waals surface area contributed by atoms with E-state index in [4.69, 9.17) is 28.9 Å². The summed E-state index contributed by atoms with van der Waals surface area (Å²) in [5.41, 5.74) is 0.313. The third-order valence-electron chi connectivity index (χ3n) is 12.7. The normalized spacial score (nSPS) is 26.6. The Morgan fingerprint density at radius 2 is 1.78 bits per heavy atom. The minimum atomic E-state index is -0.911. The van der Waals surface area contributed by atoms with Crippen molar-refractivity contribution >= 4 is 52.2 Å². The molecule has 4 aliphatic rings. The van der Waals surface area contributed by atoms with Gasteiger partial charge in [-0.3, -0.25) is 24.0 Å². The lowest BCUT2D eigenvalue weighted by molar-refractivity contribution is -0.157. The summed E-state index contributed by atoms with van der Waals surface area (Å²) in [4.78, 5) is 78.3. The fraction of sp³-hybridized carbons (Fsp3) is 0.622. The van der Waals surface area contributed by atoms with Gasteiger partial charge in [-0.25, -0.2) is 9.97 Å². The lowest BCUT2D eigenvalue weighted by Gasteiger charge is -2.35. The van der Waals surface area contributed by atoms with Gasteiger partial charge in [-0.2, -0.15) is 0 Å². The Hall–Kier alpha value is -4.39. The molecular weight excluding hydrogens is 759 g/mol. The van der Waals surface area contributed by atoms with Gasteiger partial charge in [0.15, 0.2) is 12.1 Å². The molecule has 1 aliphatic heterocycles. The number of rotatable bonds is 17. The van der Waals surface area contributed by atoms with Crippen molar-refractivity contribution in [3.05, 3.63) is 34.7 Å². The molecule has 0 bridgehead atoms. The maximum absolute atomic E-state index is 14.8. The molecule has 3 saturated carbocycles. The number of likely N-dealkylation sites (tertiary alicyclic amines) is 1. The van der Waals surface area contributed by atoms with E-state index in [2.05, 4.69) is 13.8 Å². The first-order chi connectivity index (χ1) is 27.6. The minimum Gasteiger partial charge on any atom is -0.488 e. The molecule has 1 saturated heterocycles. The summed E-state index contributed by atoms with van der Waals surface area (Å²) in [6.45, 7) is 12.1. The van der Waals surface area contributed by atoms with Crippen molar-refractivity contribution in [1.29, 1.82) is 0 Å². The number of esters is 2. The Balaban J connectivity index is 1.20. The molecule has 13 heteroatoms. The molecule has 1 aromatic carbocycles. The first-order valence-corrected chi connectivity index (χ1v) is 21.7. The van der Waals surface area contributed by atoms with Crippen molar-refractivity contribution in [2.45, 2.75) is 118 Å². The summed E-state index contributed by atoms with van der Waals surface area (Å²) in [5, 5.41) is 3.64. The fourth-order valence-electron chi connectivity index (χ4n) is 9.31. The van der Waals surface area contributed by atoms with Crippen LogP contribution in [0.15, 0.2) is 29.6 Å². The van der Waals surface area contributed by atoms with E-state index in [9.17, 15) is 24.0 Å². The molecule has 0 spiro atoms. The van der Waals surface area contributed by atoms with Crippen LogP contribution in [0.2, 0.25) is 0 Å². The second kappa shape index (κ2) is 16.7. The SMILES string of the molecule is CC[C@@H]1C[C@]1(CC(=O)[C@@H]1C[C@@H](Oc2cc(-c3csc(CC(C)C)n3)nc3cc(OCC=O)ccc23)CN1C(=O)C(CC(=O)OC1C[C@@H]2C[C@@H]2C1)C(C)(C)C)C(=O)OC. The standard InChI is InChI=1S/C45H57N3O9S/c1-8-28-21-45(28,43(53)54-7)22-38(50)37-18-31(23-48(37)42(52)33(44(4,5)6)19-41(51)57-30-15-26-14-27(26)16-30)56-39-20-35(36-24-58-40(47-36)13-25(2)3)46-34-17-29(55-12-11-49)9-10-32(34)39/h9-11,17,20,24-28,30-31,33,37H,8,12-16,18-19,21-23H2,1-7H3/t26-,27+,28-,30?,31-,33?,37+,45-/m1/s1. The van der Waals surface area contributed by atoms with Crippen LogP contribution in [0.5, 0.6) is 11.5 Å². The van der Waals surface area contributed by atoms with Gasteiger partial charge >= 0.3 is 11.9 Å². The lowest BCUT2D eigenvalue weighted by Crippen LogP contribution is -2.48. The number of carbonyl (C=O) groups excluding carboxylic acids is 5. The van der Waals surface area contributed by atoms with Crippen molar-refractivity contribution < 1.29 is 42.9 Å². The lowest BCUT2D eigenvalue weighted by atomic mass is 9.77. The first kappa shape index (κ1) is 41.8. The summed E-state index contributed by atoms with van der Waals surface area (Å²) < 4.78 is 23.5. The summed E-state index contributed by atoms with van der Waals surface area (Å²) in [7, 11) is 1.35. The number of amides is 1. The number of methoxy groups -OCH3 is 1. The third kappa shape index (κ3) is 8.94. The smallest absolute Gasteiger partial charge is 0.312 e. The predicted molar refractivity (Wildman–Crippen MR) is 218 cm³/mol. The van der Waals surface area contributed by atoms with Crippen LogP contribution in [0, 0.1) is 40.4 Å². The van der Waals surface area contributed by atoms with E-state index in [1.807, 2.05) is 45.2 Å². The Kier molecular flexibility index (Phi) is 12.0. The molecule has 4 fully saturated rings. The average molecular weight is 816 g/mol. The molecule has 2 unspecified atom stereocenters. The molecule has 7 rings (SSSR count). The van der Waals surface area contributed by atoms with Crippen molar-refractivity contribution in [1.82, 2.24) is 14.9 Å². The van der Waals surface area contributed by atoms with Crippen LogP contribution in [0.3, 0.4) is 0 Å². The van der Waals surface area contributed by atoms with E-state index in [1.54, 1.807) is 28.4 Å². The zero-order valence-corrected chi connectivity index (χ0v) is 35.6. The molecule has 8 atom stereocenters. The van der Waals surface area contributed by atoms with Gasteiger partial charge in [0.2, 0.25) is 5.91 Å². The maximum Gasteiger partial charge on any atom is 0.312 e. The Morgan fingerprint density at radius 1 is 1.02 bits per heavy atom. The van der Waals surface area contributed by atoms with Gasteiger partial charge in [-0.1, -0.05) is 48.0 Å². The molecule has 312 valence electrons. The van der Waals surface area contributed by atoms with E-state index in [1.165, 1.54) is 13.5 Å². The van der Waals surface area contributed by atoms with Crippen LogP contribution in [-0.4, -0.2) is 83.3 Å². The van der Waals surface area contributed by atoms with Crippen LogP contribution in [0.4, 0.5) is 0 Å². The fourth-order valence-corrected chi connectivity index (χ4v) is 10.3. The Bertz CT molecular complexity index is 2050. The molecule has 3 aliphatic carbocycles. The van der Waals surface area contributed by atoms with Gasteiger partial charge in [0, 0.05) is 42.2 Å². The van der Waals surface area contributed by atoms with E-state index in [0.717, 1.165) is 30.7 Å². The number of ketones is 1. The highest BCUT2D eigenvalue weighted by Gasteiger charge is 2.62. The molecule has 1 amide bonds. The van der Waals surface area contributed by atoms with Gasteiger partial charge in [0.25, 0.3) is 0 Å². The summed E-state index contributed by atoms with van der Waals surface area (Å²) in [6.07, 6.45) is 5.11. The van der Waals surface area contributed by atoms with Crippen LogP contribution >= 0.6 is 11.3 Å². The van der Waals surface area contributed by atoms with Crippen molar-refractivity contribution in [3.8, 4) is 22.9 Å². The number of aldehydes is 1. The number of nitrogens with zero attached hydrogens (tertiary/aromatic N) is 3. The molecule has 3 heterocycles. The van der Waals surface area contributed by atoms with E-state index in [0.29, 0.717) is 64.3 Å². The van der Waals surface area contributed by atoms with E-state index < -0.39 is 40.8 Å². The zero-order chi connectivity index (χ0) is 41.5. The summed E-state index contributed by atoms with van der Waals surface area (Å²) in [6, 6.07) is 6.27. The highest BCUT2D eigenvalue weighted by molar-refractivity contribution is 7.09. The number of Topliss-reactive ketones (excluding diaryl/α,β-unsaturated/α-hetero) is 1. The number of hydrogen-bond donors (Lipinski definition) is 0. The molecule has 3 aromatic rings. The quantitative estimate of drug-likeness (QED) is 0.0989. The molecular formula is C45H57N3O9S. The Labute approximate surface area is 344 Å². The van der Waals surface area contributed by atoms with Crippen molar-refractivity contribution in [3.63, 3.8) is 0 Å². The number of aromatic nitrogens is 2. The number of fused-ring (bicyclic) bond motifs is 2. The Morgan fingerprint density at radius 3 is 2.43 bits per heavy atom.